The second kappa shape index (κ2) is 4.94. The van der Waals surface area contributed by atoms with Gasteiger partial charge in [-0.25, -0.2) is 0 Å². The predicted octanol–water partition coefficient (Wildman–Crippen LogP) is 5.09. The number of fused-ring (bicyclic) bond motifs is 7. The van der Waals surface area contributed by atoms with Crippen molar-refractivity contribution in [3.8, 4) is 11.1 Å². The summed E-state index contributed by atoms with van der Waals surface area (Å²) < 4.78 is 0. The van der Waals surface area contributed by atoms with Gasteiger partial charge in [-0.05, 0) is 57.6 Å². The van der Waals surface area contributed by atoms with Crippen molar-refractivity contribution in [2.45, 2.75) is 25.0 Å². The fourth-order valence-corrected chi connectivity index (χ4v) is 4.42. The van der Waals surface area contributed by atoms with E-state index in [1.54, 1.807) is 13.8 Å². The van der Waals surface area contributed by atoms with Gasteiger partial charge in [0.25, 0.3) is 0 Å². The molecule has 0 spiro atoms. The lowest BCUT2D eigenvalue weighted by Gasteiger charge is -2.45. The molecule has 2 N–H and O–H groups in total. The normalized spacial score (nSPS) is 24.5. The van der Waals surface area contributed by atoms with Crippen molar-refractivity contribution in [1.29, 1.82) is 0 Å². The van der Waals surface area contributed by atoms with Crippen molar-refractivity contribution < 1.29 is 10.2 Å². The zero-order chi connectivity index (χ0) is 18.1. The Labute approximate surface area is 152 Å². The van der Waals surface area contributed by atoms with Crippen molar-refractivity contribution in [2.24, 2.45) is 0 Å². The van der Waals surface area contributed by atoms with Gasteiger partial charge in [-0.1, -0.05) is 72.8 Å². The van der Waals surface area contributed by atoms with Crippen LogP contribution in [0.1, 0.15) is 25.0 Å². The minimum atomic E-state index is -1.39. The fraction of sp³-hybridized carbons (Fsp3) is 0.167. The summed E-state index contributed by atoms with van der Waals surface area (Å²) in [5.74, 6) is 0. The average Bonchev–Trinajstić information content (AvgIpc) is 2.65. The van der Waals surface area contributed by atoms with Gasteiger partial charge in [-0.2, -0.15) is 0 Å². The van der Waals surface area contributed by atoms with Gasteiger partial charge < -0.3 is 10.2 Å². The molecule has 2 atom stereocenters. The largest absolute Gasteiger partial charge is 0.382 e. The second-order valence-electron chi connectivity index (χ2n) is 7.56. The van der Waals surface area contributed by atoms with Gasteiger partial charge in [-0.15, -0.1) is 0 Å². The lowest BCUT2D eigenvalue weighted by Crippen LogP contribution is -2.47. The van der Waals surface area contributed by atoms with Crippen LogP contribution in [0.2, 0.25) is 0 Å². The van der Waals surface area contributed by atoms with Crippen molar-refractivity contribution in [3.63, 3.8) is 0 Å². The molecule has 2 heteroatoms. The lowest BCUT2D eigenvalue weighted by atomic mass is 9.65. The van der Waals surface area contributed by atoms with Crippen molar-refractivity contribution in [3.05, 3.63) is 83.9 Å². The van der Waals surface area contributed by atoms with Crippen LogP contribution in [0, 0.1) is 0 Å². The number of benzene rings is 4. The van der Waals surface area contributed by atoms with Crippen LogP contribution in [0.15, 0.2) is 72.8 Å². The van der Waals surface area contributed by atoms with Crippen LogP contribution >= 0.6 is 0 Å². The van der Waals surface area contributed by atoms with Gasteiger partial charge in [0.05, 0.1) is 0 Å². The molecule has 1 aliphatic rings. The highest BCUT2D eigenvalue weighted by Gasteiger charge is 2.50. The molecule has 0 fully saturated rings. The van der Waals surface area contributed by atoms with E-state index in [0.717, 1.165) is 43.8 Å². The zero-order valence-corrected chi connectivity index (χ0v) is 14.8. The summed E-state index contributed by atoms with van der Waals surface area (Å²) in [4.78, 5) is 0. The van der Waals surface area contributed by atoms with E-state index >= 15 is 0 Å². The van der Waals surface area contributed by atoms with Crippen molar-refractivity contribution >= 4 is 21.5 Å². The molecule has 2 nitrogen and oxygen atoms in total. The summed E-state index contributed by atoms with van der Waals surface area (Å²) >= 11 is 0. The molecule has 0 amide bonds. The van der Waals surface area contributed by atoms with Crippen LogP contribution in [-0.2, 0) is 11.2 Å². The molecule has 4 aromatic carbocycles. The fourth-order valence-electron chi connectivity index (χ4n) is 4.42. The topological polar surface area (TPSA) is 40.5 Å². The van der Waals surface area contributed by atoms with Gasteiger partial charge >= 0.3 is 0 Å². The van der Waals surface area contributed by atoms with E-state index < -0.39 is 11.2 Å². The number of rotatable bonds is 0. The molecule has 0 heterocycles. The van der Waals surface area contributed by atoms with Gasteiger partial charge in [0.2, 0.25) is 0 Å². The zero-order valence-electron chi connectivity index (χ0n) is 14.8. The van der Waals surface area contributed by atoms with Crippen LogP contribution in [0.3, 0.4) is 0 Å². The Morgan fingerprint density at radius 1 is 0.538 bits per heavy atom. The first kappa shape index (κ1) is 15.6. The van der Waals surface area contributed by atoms with E-state index in [1.807, 2.05) is 48.5 Å². The Morgan fingerprint density at radius 2 is 0.923 bits per heavy atom. The summed E-state index contributed by atoms with van der Waals surface area (Å²) in [6.07, 6.45) is 0. The molecule has 0 saturated carbocycles. The first-order valence-electron chi connectivity index (χ1n) is 8.92. The van der Waals surface area contributed by atoms with Crippen LogP contribution in [0.4, 0.5) is 0 Å². The molecular formula is C24H20O2. The average molecular weight is 340 g/mol. The molecule has 0 aromatic heterocycles. The molecule has 0 unspecified atom stereocenters. The highest BCUT2D eigenvalue weighted by Crippen LogP contribution is 2.54. The summed E-state index contributed by atoms with van der Waals surface area (Å²) in [5, 5.41) is 27.2. The molecule has 128 valence electrons. The van der Waals surface area contributed by atoms with E-state index in [4.69, 9.17) is 0 Å². The van der Waals surface area contributed by atoms with E-state index in [0.29, 0.717) is 0 Å². The van der Waals surface area contributed by atoms with Crippen molar-refractivity contribution in [2.75, 3.05) is 0 Å². The summed E-state index contributed by atoms with van der Waals surface area (Å²) in [6, 6.07) is 24.4. The molecule has 0 aliphatic heterocycles. The minimum absolute atomic E-state index is 0.769. The number of hydrogen-bond donors (Lipinski definition) is 2. The van der Waals surface area contributed by atoms with E-state index in [9.17, 15) is 10.2 Å². The second-order valence-corrected chi connectivity index (χ2v) is 7.56. The Hall–Kier alpha value is -2.68. The Kier molecular flexibility index (Phi) is 2.96. The van der Waals surface area contributed by atoms with Gasteiger partial charge in [0.1, 0.15) is 11.2 Å². The Bertz CT molecular complexity index is 1090. The minimum Gasteiger partial charge on any atom is -0.382 e. The summed E-state index contributed by atoms with van der Waals surface area (Å²) in [5.41, 5.74) is 0.803. The predicted molar refractivity (Wildman–Crippen MR) is 106 cm³/mol. The van der Waals surface area contributed by atoms with E-state index in [1.165, 1.54) is 0 Å². The maximum atomic E-state index is 11.4. The summed E-state index contributed by atoms with van der Waals surface area (Å²) in [7, 11) is 0. The van der Waals surface area contributed by atoms with E-state index in [2.05, 4.69) is 24.3 Å². The third-order valence-electron chi connectivity index (χ3n) is 6.10. The van der Waals surface area contributed by atoms with Crippen LogP contribution in [0.25, 0.3) is 32.7 Å². The van der Waals surface area contributed by atoms with Crippen LogP contribution < -0.4 is 0 Å². The third kappa shape index (κ3) is 1.78. The smallest absolute Gasteiger partial charge is 0.120 e. The molecule has 4 aromatic rings. The maximum Gasteiger partial charge on any atom is 0.120 e. The van der Waals surface area contributed by atoms with Crippen LogP contribution in [-0.4, -0.2) is 10.2 Å². The van der Waals surface area contributed by atoms with Gasteiger partial charge in [0.15, 0.2) is 0 Å². The Morgan fingerprint density at radius 3 is 1.35 bits per heavy atom. The first-order valence-corrected chi connectivity index (χ1v) is 8.92. The van der Waals surface area contributed by atoms with E-state index in [-0.39, 0.29) is 0 Å². The highest BCUT2D eigenvalue weighted by molar-refractivity contribution is 6.09. The molecule has 0 radical (unpaired) electrons. The Balaban J connectivity index is 2.07. The molecule has 0 saturated heterocycles. The van der Waals surface area contributed by atoms with Gasteiger partial charge in [-0.3, -0.25) is 0 Å². The number of aliphatic hydroxyl groups is 2. The van der Waals surface area contributed by atoms with Crippen LogP contribution in [0.5, 0.6) is 0 Å². The monoisotopic (exact) mass is 340 g/mol. The summed E-state index contributed by atoms with van der Waals surface area (Å²) in [6.45, 7) is 3.41. The molecular weight excluding hydrogens is 320 g/mol. The molecule has 0 bridgehead atoms. The standard InChI is InChI=1S/C24H20O2/c1-23(25)19-13-11-15-7-3-5-9-17(15)21(19)22-18-10-6-4-8-16(18)12-14-20(22)24(23,2)26/h3-14,25-26H,1-2H3/t23-,24-/m1/s1. The molecule has 1 aliphatic carbocycles. The first-order chi connectivity index (χ1) is 12.4. The highest BCUT2D eigenvalue weighted by atomic mass is 16.4. The maximum absolute atomic E-state index is 11.4. The SMILES string of the molecule is C[C@@]1(O)c2ccc3ccccc3c2-c2c(ccc3ccccc23)[C@@]1(C)O. The van der Waals surface area contributed by atoms with Crippen molar-refractivity contribution in [1.82, 2.24) is 0 Å². The third-order valence-corrected chi connectivity index (χ3v) is 6.10. The molecule has 26 heavy (non-hydrogen) atoms. The number of hydrogen-bond acceptors (Lipinski definition) is 2. The quantitative estimate of drug-likeness (QED) is 0.468. The lowest BCUT2D eigenvalue weighted by molar-refractivity contribution is -0.144. The van der Waals surface area contributed by atoms with Gasteiger partial charge in [0, 0.05) is 0 Å². The molecule has 5 rings (SSSR count).